The molecule has 0 spiro atoms. The summed E-state index contributed by atoms with van der Waals surface area (Å²) in [4.78, 5) is 38.9. The normalized spacial score (nSPS) is 23.9. The number of aromatic hydroxyl groups is 1. The highest BCUT2D eigenvalue weighted by Crippen LogP contribution is 2.49. The molecule has 206 valence electrons. The molecular formula is C29H34FN5O4. The molecule has 3 aromatic rings. The summed E-state index contributed by atoms with van der Waals surface area (Å²) in [7, 11) is 3.53. The quantitative estimate of drug-likeness (QED) is 0.471. The molecule has 0 saturated carbocycles. The fraction of sp³-hybridized carbons (Fsp3) is 0.448. The first-order valence-corrected chi connectivity index (χ1v) is 13.4. The van der Waals surface area contributed by atoms with E-state index in [1.165, 1.54) is 12.0 Å². The summed E-state index contributed by atoms with van der Waals surface area (Å²) in [6, 6.07) is 8.91. The van der Waals surface area contributed by atoms with Crippen molar-refractivity contribution in [2.75, 3.05) is 53.4 Å². The van der Waals surface area contributed by atoms with Crippen molar-refractivity contribution in [3.8, 4) is 11.5 Å². The number of carbonyl (C=O) groups is 2. The molecule has 3 aliphatic heterocycles. The standard InChI is InChI=1S/C29H34FN5O4/c1-29-17-20-23-21(8-9-22(39-3)24(23)30)31-25(20)26(18-6-4-7-19(36)16-18)35(29)28(38)34(27(29)37)11-5-10-33-14-12-32(2)13-15-33/h4,6-9,16,26,31,36H,5,10-15,17H2,1-3H3/t26-,29?/m1/s1. The third kappa shape index (κ3) is 4.04. The number of aromatic nitrogens is 1. The molecule has 6 rings (SSSR count). The molecule has 10 heteroatoms. The molecule has 9 nitrogen and oxygen atoms in total. The largest absolute Gasteiger partial charge is 0.508 e. The number of phenolic OH excluding ortho intramolecular Hbond substituents is 1. The van der Waals surface area contributed by atoms with Crippen LogP contribution in [0.3, 0.4) is 0 Å². The average molecular weight is 536 g/mol. The molecule has 1 aromatic heterocycles. The first kappa shape index (κ1) is 25.6. The molecule has 39 heavy (non-hydrogen) atoms. The van der Waals surface area contributed by atoms with Gasteiger partial charge in [-0.05, 0) is 62.3 Å². The number of hydrogen-bond acceptors (Lipinski definition) is 6. The van der Waals surface area contributed by atoms with E-state index in [1.807, 2.05) is 6.07 Å². The number of fused-ring (bicyclic) bond motifs is 4. The number of piperazine rings is 1. The molecule has 2 N–H and O–H groups in total. The first-order valence-electron chi connectivity index (χ1n) is 13.4. The molecule has 4 heterocycles. The van der Waals surface area contributed by atoms with Crippen LogP contribution in [0.1, 0.15) is 36.2 Å². The van der Waals surface area contributed by atoms with Crippen LogP contribution in [0.25, 0.3) is 10.9 Å². The molecule has 3 amide bonds. The number of H-pyrrole nitrogens is 1. The van der Waals surface area contributed by atoms with Crippen molar-refractivity contribution in [2.24, 2.45) is 0 Å². The maximum atomic E-state index is 15.6. The van der Waals surface area contributed by atoms with Gasteiger partial charge in [0.25, 0.3) is 5.91 Å². The molecule has 0 radical (unpaired) electrons. The van der Waals surface area contributed by atoms with E-state index in [0.29, 0.717) is 40.7 Å². The topological polar surface area (TPSA) is 92.4 Å². The molecular weight excluding hydrogens is 501 g/mol. The molecule has 2 fully saturated rings. The molecule has 1 unspecified atom stereocenters. The van der Waals surface area contributed by atoms with Crippen molar-refractivity contribution in [2.45, 2.75) is 31.3 Å². The van der Waals surface area contributed by atoms with Gasteiger partial charge in [0.05, 0.1) is 7.11 Å². The van der Waals surface area contributed by atoms with E-state index in [1.54, 1.807) is 42.2 Å². The number of benzene rings is 2. The number of ether oxygens (including phenoxy) is 1. The van der Waals surface area contributed by atoms with Gasteiger partial charge in [0, 0.05) is 55.7 Å². The lowest BCUT2D eigenvalue weighted by molar-refractivity contribution is -0.133. The molecule has 2 saturated heterocycles. The van der Waals surface area contributed by atoms with E-state index >= 15 is 4.39 Å². The number of phenols is 1. The highest BCUT2D eigenvalue weighted by Gasteiger charge is 2.60. The summed E-state index contributed by atoms with van der Waals surface area (Å²) in [6.45, 7) is 6.85. The Hall–Kier alpha value is -3.63. The Morgan fingerprint density at radius 3 is 2.62 bits per heavy atom. The van der Waals surface area contributed by atoms with Gasteiger partial charge in [0.1, 0.15) is 17.3 Å². The number of carbonyl (C=O) groups excluding carboxylic acids is 2. The second-order valence-corrected chi connectivity index (χ2v) is 11.1. The van der Waals surface area contributed by atoms with Crippen LogP contribution in [0.5, 0.6) is 11.5 Å². The lowest BCUT2D eigenvalue weighted by Crippen LogP contribution is -2.53. The van der Waals surface area contributed by atoms with E-state index in [9.17, 15) is 14.7 Å². The summed E-state index contributed by atoms with van der Waals surface area (Å²) in [5, 5.41) is 10.7. The van der Waals surface area contributed by atoms with Gasteiger partial charge in [-0.25, -0.2) is 9.18 Å². The van der Waals surface area contributed by atoms with Gasteiger partial charge in [-0.1, -0.05) is 12.1 Å². The molecule has 0 bridgehead atoms. The Bertz CT molecular complexity index is 1450. The first-order chi connectivity index (χ1) is 18.7. The number of rotatable bonds is 6. The van der Waals surface area contributed by atoms with Crippen LogP contribution >= 0.6 is 0 Å². The zero-order chi connectivity index (χ0) is 27.5. The highest BCUT2D eigenvalue weighted by molar-refractivity contribution is 6.08. The van der Waals surface area contributed by atoms with Crippen molar-refractivity contribution in [3.05, 3.63) is 59.0 Å². The minimum absolute atomic E-state index is 0.0484. The van der Waals surface area contributed by atoms with Gasteiger partial charge in [-0.2, -0.15) is 0 Å². The van der Waals surface area contributed by atoms with Crippen molar-refractivity contribution >= 4 is 22.8 Å². The number of likely N-dealkylation sites (N-methyl/N-ethyl adjacent to an activating group) is 1. The molecule has 2 atom stereocenters. The maximum Gasteiger partial charge on any atom is 0.328 e. The van der Waals surface area contributed by atoms with Crippen molar-refractivity contribution in [1.29, 1.82) is 0 Å². The highest BCUT2D eigenvalue weighted by atomic mass is 19.1. The van der Waals surface area contributed by atoms with Gasteiger partial charge in [0.2, 0.25) is 0 Å². The number of hydrogen-bond donors (Lipinski definition) is 2. The van der Waals surface area contributed by atoms with Crippen molar-refractivity contribution < 1.29 is 23.8 Å². The number of aromatic amines is 1. The van der Waals surface area contributed by atoms with E-state index in [2.05, 4.69) is 21.8 Å². The number of urea groups is 1. The lowest BCUT2D eigenvalue weighted by Gasteiger charge is -2.42. The fourth-order valence-corrected chi connectivity index (χ4v) is 6.47. The summed E-state index contributed by atoms with van der Waals surface area (Å²) in [5.74, 6) is -0.614. The minimum Gasteiger partial charge on any atom is -0.508 e. The lowest BCUT2D eigenvalue weighted by atomic mass is 9.81. The molecule has 2 aromatic carbocycles. The van der Waals surface area contributed by atoms with Crippen LogP contribution in [0.15, 0.2) is 36.4 Å². The second kappa shape index (κ2) is 9.53. The Morgan fingerprint density at radius 1 is 1.13 bits per heavy atom. The van der Waals surface area contributed by atoms with Gasteiger partial charge < -0.3 is 24.6 Å². The number of halogens is 1. The Morgan fingerprint density at radius 2 is 1.90 bits per heavy atom. The van der Waals surface area contributed by atoms with Gasteiger partial charge in [0.15, 0.2) is 11.6 Å². The zero-order valence-electron chi connectivity index (χ0n) is 22.5. The predicted molar refractivity (Wildman–Crippen MR) is 144 cm³/mol. The van der Waals surface area contributed by atoms with Crippen LogP contribution in [-0.2, 0) is 11.2 Å². The van der Waals surface area contributed by atoms with Crippen LogP contribution in [0.2, 0.25) is 0 Å². The molecule has 0 aliphatic carbocycles. The van der Waals surface area contributed by atoms with E-state index in [0.717, 1.165) is 32.7 Å². The van der Waals surface area contributed by atoms with Crippen LogP contribution in [0.4, 0.5) is 9.18 Å². The fourth-order valence-electron chi connectivity index (χ4n) is 6.47. The number of nitrogens with zero attached hydrogens (tertiary/aromatic N) is 4. The van der Waals surface area contributed by atoms with E-state index in [-0.39, 0.29) is 29.9 Å². The number of nitrogens with one attached hydrogen (secondary N) is 1. The number of imide groups is 1. The Kier molecular flexibility index (Phi) is 6.27. The SMILES string of the molecule is COc1ccc2[nH]c3c(c2c1F)CC1(C)C(=O)N(CCCN2CCN(C)CC2)C(=O)N1[C@@H]3c1cccc(O)c1. The monoisotopic (exact) mass is 535 g/mol. The number of amides is 3. The minimum atomic E-state index is -1.21. The third-order valence-corrected chi connectivity index (χ3v) is 8.59. The van der Waals surface area contributed by atoms with Crippen molar-refractivity contribution in [3.63, 3.8) is 0 Å². The summed E-state index contributed by atoms with van der Waals surface area (Å²) in [6.07, 6.45) is 0.850. The summed E-state index contributed by atoms with van der Waals surface area (Å²) >= 11 is 0. The van der Waals surface area contributed by atoms with Crippen LogP contribution < -0.4 is 4.74 Å². The third-order valence-electron chi connectivity index (χ3n) is 8.59. The van der Waals surface area contributed by atoms with Gasteiger partial charge >= 0.3 is 6.03 Å². The number of methoxy groups -OCH3 is 1. The van der Waals surface area contributed by atoms with E-state index < -0.39 is 17.4 Å². The molecule has 3 aliphatic rings. The summed E-state index contributed by atoms with van der Waals surface area (Å²) < 4.78 is 20.8. The predicted octanol–water partition coefficient (Wildman–Crippen LogP) is 3.33. The Balaban J connectivity index is 1.39. The van der Waals surface area contributed by atoms with Crippen LogP contribution in [0, 0.1) is 5.82 Å². The maximum absolute atomic E-state index is 15.6. The van der Waals surface area contributed by atoms with Crippen LogP contribution in [-0.4, -0.2) is 101 Å². The van der Waals surface area contributed by atoms with Gasteiger partial charge in [-0.15, -0.1) is 0 Å². The summed E-state index contributed by atoms with van der Waals surface area (Å²) in [5.41, 5.74) is 1.28. The second-order valence-electron chi connectivity index (χ2n) is 11.1. The van der Waals surface area contributed by atoms with Crippen molar-refractivity contribution in [1.82, 2.24) is 24.6 Å². The van der Waals surface area contributed by atoms with E-state index in [4.69, 9.17) is 4.74 Å². The smallest absolute Gasteiger partial charge is 0.328 e. The zero-order valence-corrected chi connectivity index (χ0v) is 22.5. The average Bonchev–Trinajstić information content (AvgIpc) is 3.37. The van der Waals surface area contributed by atoms with Gasteiger partial charge in [-0.3, -0.25) is 14.6 Å². The Labute approximate surface area is 226 Å².